The van der Waals surface area contributed by atoms with Gasteiger partial charge in [0.1, 0.15) is 11.5 Å². The number of hydrogen-bond donors (Lipinski definition) is 0. The van der Waals surface area contributed by atoms with Gasteiger partial charge in [-0.15, -0.1) is 0 Å². The van der Waals surface area contributed by atoms with Crippen molar-refractivity contribution >= 4 is 17.7 Å². The number of benzene rings is 3. The van der Waals surface area contributed by atoms with E-state index in [2.05, 4.69) is 61.2 Å². The Morgan fingerprint density at radius 1 is 1.03 bits per heavy atom. The summed E-state index contributed by atoms with van der Waals surface area (Å²) in [5, 5.41) is 0. The molecular formula is C31H35NO4. The average molecular weight is 486 g/mol. The maximum Gasteiger partial charge on any atom is 0.330 e. The number of carbonyl (C=O) groups is 1. The van der Waals surface area contributed by atoms with Gasteiger partial charge in [0.2, 0.25) is 0 Å². The van der Waals surface area contributed by atoms with Crippen molar-refractivity contribution in [1.29, 1.82) is 0 Å². The van der Waals surface area contributed by atoms with Crippen LogP contribution in [0.1, 0.15) is 48.6 Å². The van der Waals surface area contributed by atoms with E-state index in [0.717, 1.165) is 41.3 Å². The van der Waals surface area contributed by atoms with Gasteiger partial charge in [-0.2, -0.15) is 0 Å². The summed E-state index contributed by atoms with van der Waals surface area (Å²) < 4.78 is 16.2. The largest absolute Gasteiger partial charge is 0.497 e. The Bertz CT molecular complexity index is 1260. The molecule has 0 fully saturated rings. The number of esters is 1. The van der Waals surface area contributed by atoms with E-state index in [-0.39, 0.29) is 12.1 Å². The summed E-state index contributed by atoms with van der Waals surface area (Å²) in [6.07, 6.45) is 4.26. The SMILES string of the molecule is COC(=O)/C=C/c1ccc(C2(C)c3ccc(OC)cc3CCN2c2ccc(OC(C)C)c(C)c2)cc1. The van der Waals surface area contributed by atoms with Crippen molar-refractivity contribution in [3.05, 3.63) is 94.6 Å². The van der Waals surface area contributed by atoms with E-state index in [0.29, 0.717) is 0 Å². The van der Waals surface area contributed by atoms with E-state index in [9.17, 15) is 4.79 Å². The summed E-state index contributed by atoms with van der Waals surface area (Å²) in [6.45, 7) is 9.34. The van der Waals surface area contributed by atoms with Gasteiger partial charge in [-0.3, -0.25) is 0 Å². The van der Waals surface area contributed by atoms with Gasteiger partial charge < -0.3 is 19.1 Å². The van der Waals surface area contributed by atoms with Crippen molar-refractivity contribution in [2.75, 3.05) is 25.7 Å². The second-order valence-corrected chi connectivity index (χ2v) is 9.59. The average Bonchev–Trinajstić information content (AvgIpc) is 2.88. The molecule has 0 saturated carbocycles. The van der Waals surface area contributed by atoms with E-state index in [1.54, 1.807) is 13.2 Å². The third kappa shape index (κ3) is 4.97. The number of anilines is 1. The Kier molecular flexibility index (Phi) is 7.39. The van der Waals surface area contributed by atoms with Crippen molar-refractivity contribution in [2.24, 2.45) is 0 Å². The molecule has 3 aromatic carbocycles. The zero-order valence-electron chi connectivity index (χ0n) is 22.0. The molecule has 1 aliphatic heterocycles. The molecule has 1 atom stereocenters. The lowest BCUT2D eigenvalue weighted by molar-refractivity contribution is -0.134. The molecule has 5 nitrogen and oxygen atoms in total. The van der Waals surface area contributed by atoms with Gasteiger partial charge in [-0.25, -0.2) is 4.79 Å². The molecule has 0 radical (unpaired) electrons. The molecular weight excluding hydrogens is 450 g/mol. The molecule has 0 aromatic heterocycles. The highest BCUT2D eigenvalue weighted by Gasteiger charge is 2.40. The first-order valence-electron chi connectivity index (χ1n) is 12.3. The minimum absolute atomic E-state index is 0.128. The number of rotatable bonds is 7. The lowest BCUT2D eigenvalue weighted by Gasteiger charge is -2.48. The molecule has 1 aliphatic rings. The smallest absolute Gasteiger partial charge is 0.330 e. The van der Waals surface area contributed by atoms with E-state index >= 15 is 0 Å². The van der Waals surface area contributed by atoms with Crippen LogP contribution in [0, 0.1) is 6.92 Å². The third-order valence-electron chi connectivity index (χ3n) is 6.90. The van der Waals surface area contributed by atoms with Crippen LogP contribution in [0.25, 0.3) is 6.08 Å². The van der Waals surface area contributed by atoms with Crippen molar-refractivity contribution in [2.45, 2.75) is 45.8 Å². The lowest BCUT2D eigenvalue weighted by atomic mass is 9.76. The Hall–Kier alpha value is -3.73. The molecule has 4 rings (SSSR count). The second-order valence-electron chi connectivity index (χ2n) is 9.59. The quantitative estimate of drug-likeness (QED) is 0.290. The molecule has 3 aromatic rings. The molecule has 0 spiro atoms. The van der Waals surface area contributed by atoms with Gasteiger partial charge >= 0.3 is 5.97 Å². The zero-order chi connectivity index (χ0) is 25.9. The molecule has 188 valence electrons. The summed E-state index contributed by atoms with van der Waals surface area (Å²) in [5.74, 6) is 1.42. The summed E-state index contributed by atoms with van der Waals surface area (Å²) >= 11 is 0. The fourth-order valence-electron chi connectivity index (χ4n) is 5.02. The van der Waals surface area contributed by atoms with Gasteiger partial charge in [0.25, 0.3) is 0 Å². The van der Waals surface area contributed by atoms with Gasteiger partial charge in [-0.05, 0) is 98.3 Å². The molecule has 1 heterocycles. The monoisotopic (exact) mass is 485 g/mol. The Labute approximate surface area is 214 Å². The van der Waals surface area contributed by atoms with Gasteiger partial charge in [-0.1, -0.05) is 30.3 Å². The van der Waals surface area contributed by atoms with Crippen LogP contribution < -0.4 is 14.4 Å². The highest BCUT2D eigenvalue weighted by atomic mass is 16.5. The number of nitrogens with zero attached hydrogens (tertiary/aromatic N) is 1. The molecule has 0 aliphatic carbocycles. The predicted octanol–water partition coefficient (Wildman–Crippen LogP) is 6.30. The first-order chi connectivity index (χ1) is 17.3. The van der Waals surface area contributed by atoms with Crippen molar-refractivity contribution in [3.63, 3.8) is 0 Å². The maximum absolute atomic E-state index is 11.5. The van der Waals surface area contributed by atoms with Crippen molar-refractivity contribution in [1.82, 2.24) is 0 Å². The molecule has 0 bridgehead atoms. The van der Waals surface area contributed by atoms with Crippen molar-refractivity contribution in [3.8, 4) is 11.5 Å². The van der Waals surface area contributed by atoms with E-state index < -0.39 is 5.54 Å². The Morgan fingerprint density at radius 2 is 1.78 bits per heavy atom. The molecule has 0 saturated heterocycles. The second kappa shape index (κ2) is 10.5. The van der Waals surface area contributed by atoms with E-state index in [1.807, 2.05) is 32.0 Å². The van der Waals surface area contributed by atoms with Crippen LogP contribution in [0.2, 0.25) is 0 Å². The topological polar surface area (TPSA) is 48.0 Å². The van der Waals surface area contributed by atoms with Crippen LogP contribution in [-0.4, -0.2) is 32.8 Å². The van der Waals surface area contributed by atoms with Crippen LogP contribution in [-0.2, 0) is 21.5 Å². The first kappa shape index (κ1) is 25.4. The van der Waals surface area contributed by atoms with E-state index in [1.165, 1.54) is 29.9 Å². The standard InChI is InChI=1S/C31H35NO4/c1-21(2)36-29-15-12-26(19-22(29)3)32-18-17-24-20-27(34-5)13-14-28(24)31(32,4)25-10-7-23(8-11-25)9-16-30(33)35-6/h7-16,19-21H,17-18H2,1-6H3/b16-9+. The number of methoxy groups -OCH3 is 2. The molecule has 0 amide bonds. The van der Waals surface area contributed by atoms with Crippen molar-refractivity contribution < 1.29 is 19.0 Å². The highest BCUT2D eigenvalue weighted by molar-refractivity contribution is 5.86. The number of aryl methyl sites for hydroxylation is 1. The Balaban J connectivity index is 1.80. The van der Waals surface area contributed by atoms with Gasteiger partial charge in [0.05, 0.1) is 25.9 Å². The summed E-state index contributed by atoms with van der Waals surface area (Å²) in [6, 6.07) is 21.2. The summed E-state index contributed by atoms with van der Waals surface area (Å²) in [5.41, 5.74) is 6.53. The van der Waals surface area contributed by atoms with Crippen LogP contribution in [0.3, 0.4) is 0 Å². The molecule has 1 unspecified atom stereocenters. The van der Waals surface area contributed by atoms with Crippen LogP contribution in [0.15, 0.2) is 66.7 Å². The number of ether oxygens (including phenoxy) is 3. The highest BCUT2D eigenvalue weighted by Crippen LogP contribution is 2.45. The zero-order valence-corrected chi connectivity index (χ0v) is 22.0. The maximum atomic E-state index is 11.5. The van der Waals surface area contributed by atoms with Crippen LogP contribution in [0.5, 0.6) is 11.5 Å². The summed E-state index contributed by atoms with van der Waals surface area (Å²) in [4.78, 5) is 14.0. The molecule has 5 heteroatoms. The van der Waals surface area contributed by atoms with E-state index in [4.69, 9.17) is 14.2 Å². The first-order valence-corrected chi connectivity index (χ1v) is 12.3. The number of fused-ring (bicyclic) bond motifs is 1. The number of hydrogen-bond acceptors (Lipinski definition) is 5. The minimum atomic E-state index is -0.405. The van der Waals surface area contributed by atoms with Gasteiger partial charge in [0.15, 0.2) is 0 Å². The number of carbonyl (C=O) groups excluding carboxylic acids is 1. The predicted molar refractivity (Wildman–Crippen MR) is 145 cm³/mol. The lowest BCUT2D eigenvalue weighted by Crippen LogP contribution is -2.49. The van der Waals surface area contributed by atoms with Gasteiger partial charge in [0, 0.05) is 18.3 Å². The molecule has 0 N–H and O–H groups in total. The fraction of sp³-hybridized carbons (Fsp3) is 0.323. The third-order valence-corrected chi connectivity index (χ3v) is 6.90. The normalized spacial score (nSPS) is 17.2. The minimum Gasteiger partial charge on any atom is -0.497 e. The molecule has 36 heavy (non-hydrogen) atoms. The Morgan fingerprint density at radius 3 is 2.42 bits per heavy atom. The summed E-state index contributed by atoms with van der Waals surface area (Å²) in [7, 11) is 3.09. The van der Waals surface area contributed by atoms with Crippen LogP contribution in [0.4, 0.5) is 5.69 Å². The van der Waals surface area contributed by atoms with Crippen LogP contribution >= 0.6 is 0 Å². The fourth-order valence-corrected chi connectivity index (χ4v) is 5.02.